The van der Waals surface area contributed by atoms with Gasteiger partial charge in [-0.3, -0.25) is 14.6 Å². The molecule has 1 unspecified atom stereocenters. The molecule has 0 aliphatic carbocycles. The Bertz CT molecular complexity index is 1360. The number of ether oxygens (including phenoxy) is 1. The first-order valence-corrected chi connectivity index (χ1v) is 12.1. The highest BCUT2D eigenvalue weighted by molar-refractivity contribution is 6.46. The van der Waals surface area contributed by atoms with E-state index in [1.165, 1.54) is 4.90 Å². The maximum atomic E-state index is 13.3. The van der Waals surface area contributed by atoms with Crippen LogP contribution in [0.3, 0.4) is 0 Å². The van der Waals surface area contributed by atoms with Gasteiger partial charge in [-0.1, -0.05) is 56.1 Å². The number of aliphatic hydroxyl groups excluding tert-OH is 1. The second kappa shape index (κ2) is 9.96. The molecule has 1 saturated heterocycles. The van der Waals surface area contributed by atoms with Crippen molar-refractivity contribution in [2.24, 2.45) is 0 Å². The molecule has 4 rings (SSSR count). The van der Waals surface area contributed by atoms with Gasteiger partial charge in [0, 0.05) is 17.3 Å². The van der Waals surface area contributed by atoms with Crippen molar-refractivity contribution < 1.29 is 19.4 Å². The number of halogens is 2. The number of pyridine rings is 1. The number of rotatable bonds is 5. The van der Waals surface area contributed by atoms with Gasteiger partial charge in [-0.25, -0.2) is 0 Å². The van der Waals surface area contributed by atoms with E-state index in [1.807, 2.05) is 20.8 Å². The molecule has 36 heavy (non-hydrogen) atoms. The number of Topliss-reactive ketones (excluding diaryl/α,β-unsaturated/α-hetero) is 1. The number of methoxy groups -OCH3 is 1. The molecule has 1 N–H and O–H groups in total. The number of nitrogens with zero attached hydrogens (tertiary/aromatic N) is 2. The van der Waals surface area contributed by atoms with Crippen molar-refractivity contribution in [2.75, 3.05) is 7.11 Å². The number of ketones is 1. The van der Waals surface area contributed by atoms with Gasteiger partial charge in [0.15, 0.2) is 0 Å². The summed E-state index contributed by atoms with van der Waals surface area (Å²) in [6, 6.07) is 14.5. The maximum Gasteiger partial charge on any atom is 0.296 e. The molecule has 1 aliphatic heterocycles. The number of hydrogen-bond acceptors (Lipinski definition) is 5. The zero-order valence-corrected chi connectivity index (χ0v) is 21.9. The van der Waals surface area contributed by atoms with E-state index in [0.717, 1.165) is 5.56 Å². The summed E-state index contributed by atoms with van der Waals surface area (Å²) in [5.74, 6) is -1.13. The van der Waals surface area contributed by atoms with Gasteiger partial charge in [0.2, 0.25) is 0 Å². The number of aromatic nitrogens is 1. The average molecular weight is 525 g/mol. The predicted octanol–water partition coefficient (Wildman–Crippen LogP) is 6.32. The van der Waals surface area contributed by atoms with E-state index in [-0.39, 0.29) is 28.3 Å². The molecule has 0 spiro atoms. The Morgan fingerprint density at radius 1 is 1.06 bits per heavy atom. The van der Waals surface area contributed by atoms with E-state index in [0.29, 0.717) is 27.6 Å². The Labute approximate surface area is 220 Å². The zero-order valence-electron chi connectivity index (χ0n) is 20.4. The Hall–Kier alpha value is -3.35. The Morgan fingerprint density at radius 2 is 1.81 bits per heavy atom. The minimum Gasteiger partial charge on any atom is -0.507 e. The van der Waals surface area contributed by atoms with Gasteiger partial charge in [0.1, 0.15) is 11.5 Å². The van der Waals surface area contributed by atoms with Crippen LogP contribution in [0.2, 0.25) is 10.0 Å². The molecule has 1 aromatic heterocycles. The van der Waals surface area contributed by atoms with E-state index in [4.69, 9.17) is 27.9 Å². The summed E-state index contributed by atoms with van der Waals surface area (Å²) in [5, 5.41) is 12.1. The number of benzene rings is 2. The minimum absolute atomic E-state index is 0.0284. The summed E-state index contributed by atoms with van der Waals surface area (Å²) in [6.07, 6.45) is 1.62. The standard InChI is InChI=1S/C28H26Cl2N2O4/c1-28(2,3)19-13-17(9-11-22(19)36-4)25(33)23-24(16-8-10-20(29)21(30)14-16)32(27(35)26(23)34)15-18-7-5-6-12-31-18/h5-14,24,33H,15H2,1-4H3/b25-23-. The van der Waals surface area contributed by atoms with Crippen LogP contribution >= 0.6 is 23.2 Å². The van der Waals surface area contributed by atoms with Crippen LogP contribution in [0.1, 0.15) is 49.2 Å². The third-order valence-electron chi connectivity index (χ3n) is 6.14. The lowest BCUT2D eigenvalue weighted by atomic mass is 9.84. The summed E-state index contributed by atoms with van der Waals surface area (Å²) in [6.45, 7) is 6.14. The molecule has 2 aromatic carbocycles. The number of aliphatic hydroxyl groups is 1. The van der Waals surface area contributed by atoms with Crippen molar-refractivity contribution in [1.82, 2.24) is 9.88 Å². The highest BCUT2D eigenvalue weighted by atomic mass is 35.5. The molecule has 1 aliphatic rings. The molecular weight excluding hydrogens is 499 g/mol. The first-order valence-electron chi connectivity index (χ1n) is 11.3. The van der Waals surface area contributed by atoms with Crippen LogP contribution in [-0.4, -0.2) is 33.8 Å². The number of hydrogen-bond donors (Lipinski definition) is 1. The van der Waals surface area contributed by atoms with Crippen LogP contribution in [0.5, 0.6) is 5.75 Å². The summed E-state index contributed by atoms with van der Waals surface area (Å²) in [5.41, 5.74) is 2.08. The minimum atomic E-state index is -0.887. The van der Waals surface area contributed by atoms with Gasteiger partial charge in [-0.05, 0) is 53.4 Å². The van der Waals surface area contributed by atoms with Crippen LogP contribution in [0, 0.1) is 0 Å². The zero-order chi connectivity index (χ0) is 26.2. The molecule has 0 bridgehead atoms. The summed E-state index contributed by atoms with van der Waals surface area (Å²) in [4.78, 5) is 32.3. The molecule has 1 atom stereocenters. The Kier molecular flexibility index (Phi) is 7.12. The fourth-order valence-corrected chi connectivity index (χ4v) is 4.64. The first-order chi connectivity index (χ1) is 17.0. The number of carbonyl (C=O) groups excluding carboxylic acids is 2. The smallest absolute Gasteiger partial charge is 0.296 e. The topological polar surface area (TPSA) is 79.7 Å². The first kappa shape index (κ1) is 25.7. The van der Waals surface area contributed by atoms with Gasteiger partial charge in [0.05, 0.1) is 41.0 Å². The highest BCUT2D eigenvalue weighted by Crippen LogP contribution is 2.42. The summed E-state index contributed by atoms with van der Waals surface area (Å²) >= 11 is 12.4. The predicted molar refractivity (Wildman–Crippen MR) is 140 cm³/mol. The second-order valence-corrected chi connectivity index (χ2v) is 10.4. The molecule has 6 nitrogen and oxygen atoms in total. The Balaban J connectivity index is 1.91. The van der Waals surface area contributed by atoms with Gasteiger partial charge < -0.3 is 14.7 Å². The molecule has 0 saturated carbocycles. The lowest BCUT2D eigenvalue weighted by molar-refractivity contribution is -0.140. The van der Waals surface area contributed by atoms with E-state index < -0.39 is 17.7 Å². The molecule has 186 valence electrons. The molecule has 0 radical (unpaired) electrons. The van der Waals surface area contributed by atoms with E-state index in [2.05, 4.69) is 4.98 Å². The average Bonchev–Trinajstić information content (AvgIpc) is 3.10. The van der Waals surface area contributed by atoms with Crippen LogP contribution in [0.15, 0.2) is 66.4 Å². The summed E-state index contributed by atoms with van der Waals surface area (Å²) < 4.78 is 5.51. The fraction of sp³-hybridized carbons (Fsp3) is 0.250. The van der Waals surface area contributed by atoms with Gasteiger partial charge in [-0.2, -0.15) is 0 Å². The number of likely N-dealkylation sites (tertiary alicyclic amines) is 1. The second-order valence-electron chi connectivity index (χ2n) is 9.59. The number of carbonyl (C=O) groups is 2. The van der Waals surface area contributed by atoms with E-state index >= 15 is 0 Å². The van der Waals surface area contributed by atoms with Crippen molar-refractivity contribution in [1.29, 1.82) is 0 Å². The van der Waals surface area contributed by atoms with Crippen LogP contribution in [0.4, 0.5) is 0 Å². The van der Waals surface area contributed by atoms with Crippen molar-refractivity contribution in [2.45, 2.75) is 38.8 Å². The Morgan fingerprint density at radius 3 is 2.42 bits per heavy atom. The van der Waals surface area contributed by atoms with Crippen molar-refractivity contribution in [3.63, 3.8) is 0 Å². The molecular formula is C28H26Cl2N2O4. The van der Waals surface area contributed by atoms with Crippen molar-refractivity contribution in [3.8, 4) is 5.75 Å². The van der Waals surface area contributed by atoms with Crippen molar-refractivity contribution in [3.05, 3.63) is 98.8 Å². The van der Waals surface area contributed by atoms with Gasteiger partial charge in [0.25, 0.3) is 11.7 Å². The summed E-state index contributed by atoms with van der Waals surface area (Å²) in [7, 11) is 1.58. The highest BCUT2D eigenvalue weighted by Gasteiger charge is 2.46. The molecule has 3 aromatic rings. The molecule has 1 fully saturated rings. The van der Waals surface area contributed by atoms with E-state index in [1.54, 1.807) is 67.9 Å². The van der Waals surface area contributed by atoms with Crippen LogP contribution in [0.25, 0.3) is 5.76 Å². The maximum absolute atomic E-state index is 13.3. The van der Waals surface area contributed by atoms with Crippen LogP contribution in [-0.2, 0) is 21.5 Å². The monoisotopic (exact) mass is 524 g/mol. The van der Waals surface area contributed by atoms with Gasteiger partial charge >= 0.3 is 0 Å². The molecule has 8 heteroatoms. The van der Waals surface area contributed by atoms with Crippen LogP contribution < -0.4 is 4.74 Å². The molecule has 1 amide bonds. The largest absolute Gasteiger partial charge is 0.507 e. The molecule has 2 heterocycles. The lowest BCUT2D eigenvalue weighted by Gasteiger charge is -2.26. The lowest BCUT2D eigenvalue weighted by Crippen LogP contribution is -2.29. The third kappa shape index (κ3) is 4.84. The SMILES string of the molecule is COc1ccc(/C(O)=C2/C(=O)C(=O)N(Cc3ccccn3)C2c2ccc(Cl)c(Cl)c2)cc1C(C)(C)C. The third-order valence-corrected chi connectivity index (χ3v) is 6.88. The number of amides is 1. The normalized spacial score (nSPS) is 17.5. The fourth-order valence-electron chi connectivity index (χ4n) is 4.34. The van der Waals surface area contributed by atoms with E-state index in [9.17, 15) is 14.7 Å². The van der Waals surface area contributed by atoms with Gasteiger partial charge in [-0.15, -0.1) is 0 Å². The van der Waals surface area contributed by atoms with Crippen molar-refractivity contribution >= 4 is 40.7 Å². The quantitative estimate of drug-likeness (QED) is 0.240.